The summed E-state index contributed by atoms with van der Waals surface area (Å²) in [6, 6.07) is 15.2. The van der Waals surface area contributed by atoms with Crippen LogP contribution in [0.3, 0.4) is 0 Å². The van der Waals surface area contributed by atoms with Crippen molar-refractivity contribution in [1.82, 2.24) is 0 Å². The number of ether oxygens (including phenoxy) is 1. The van der Waals surface area contributed by atoms with Crippen LogP contribution in [0.1, 0.15) is 0 Å². The van der Waals surface area contributed by atoms with E-state index < -0.39 is 6.09 Å². The first-order chi connectivity index (χ1) is 8.66. The summed E-state index contributed by atoms with van der Waals surface area (Å²) >= 11 is 0. The van der Waals surface area contributed by atoms with Crippen LogP contribution in [0.5, 0.6) is 11.5 Å². The molecule has 0 saturated heterocycles. The molecule has 2 aromatic rings. The van der Waals surface area contributed by atoms with Gasteiger partial charge < -0.3 is 9.84 Å². The van der Waals surface area contributed by atoms with Gasteiger partial charge in [-0.05, 0) is 24.3 Å². The number of amides is 1. The average molecular weight is 243 g/mol. The zero-order valence-corrected chi connectivity index (χ0v) is 9.91. The van der Waals surface area contributed by atoms with Gasteiger partial charge >= 0.3 is 6.09 Å². The standard InChI is InChI=1S/C14H13NO3/c1-15(11-6-5-7-12(16)10-11)14(17)18-13-8-3-2-4-9-13/h2-10,16H,1H3. The van der Waals surface area contributed by atoms with Gasteiger partial charge in [-0.15, -0.1) is 0 Å². The molecule has 18 heavy (non-hydrogen) atoms. The SMILES string of the molecule is CN(C(=O)Oc1ccccc1)c1cccc(O)c1. The van der Waals surface area contributed by atoms with Crippen LogP contribution < -0.4 is 9.64 Å². The van der Waals surface area contributed by atoms with E-state index in [0.29, 0.717) is 11.4 Å². The van der Waals surface area contributed by atoms with E-state index in [-0.39, 0.29) is 5.75 Å². The lowest BCUT2D eigenvalue weighted by Crippen LogP contribution is -2.29. The molecule has 0 aliphatic heterocycles. The molecule has 0 aliphatic carbocycles. The van der Waals surface area contributed by atoms with Crippen LogP contribution in [0.15, 0.2) is 54.6 Å². The minimum Gasteiger partial charge on any atom is -0.508 e. The third-order valence-electron chi connectivity index (χ3n) is 2.44. The Kier molecular flexibility index (Phi) is 3.48. The Morgan fingerprint density at radius 1 is 1.11 bits per heavy atom. The molecule has 0 radical (unpaired) electrons. The maximum atomic E-state index is 11.8. The first-order valence-corrected chi connectivity index (χ1v) is 5.46. The van der Waals surface area contributed by atoms with Crippen LogP contribution in [0, 0.1) is 0 Å². The van der Waals surface area contributed by atoms with Crippen molar-refractivity contribution in [2.75, 3.05) is 11.9 Å². The van der Waals surface area contributed by atoms with Crippen molar-refractivity contribution in [3.63, 3.8) is 0 Å². The topological polar surface area (TPSA) is 49.8 Å². The molecule has 0 atom stereocenters. The molecule has 2 rings (SSSR count). The van der Waals surface area contributed by atoms with Crippen LogP contribution in [-0.4, -0.2) is 18.2 Å². The van der Waals surface area contributed by atoms with E-state index in [0.717, 1.165) is 0 Å². The third-order valence-corrected chi connectivity index (χ3v) is 2.44. The molecule has 0 heterocycles. The van der Waals surface area contributed by atoms with Crippen LogP contribution in [-0.2, 0) is 0 Å². The average Bonchev–Trinajstić information content (AvgIpc) is 2.39. The van der Waals surface area contributed by atoms with Crippen molar-refractivity contribution in [1.29, 1.82) is 0 Å². The molecule has 4 heteroatoms. The van der Waals surface area contributed by atoms with Gasteiger partial charge in [0.1, 0.15) is 11.5 Å². The van der Waals surface area contributed by atoms with Crippen molar-refractivity contribution in [3.05, 3.63) is 54.6 Å². The van der Waals surface area contributed by atoms with Crippen molar-refractivity contribution >= 4 is 11.8 Å². The number of hydrogen-bond acceptors (Lipinski definition) is 3. The maximum Gasteiger partial charge on any atom is 0.419 e. The fraction of sp³-hybridized carbons (Fsp3) is 0.0714. The largest absolute Gasteiger partial charge is 0.508 e. The highest BCUT2D eigenvalue weighted by Gasteiger charge is 2.13. The summed E-state index contributed by atoms with van der Waals surface area (Å²) < 4.78 is 5.18. The molecule has 0 saturated carbocycles. The van der Waals surface area contributed by atoms with E-state index in [9.17, 15) is 9.90 Å². The van der Waals surface area contributed by atoms with Crippen molar-refractivity contribution in [2.45, 2.75) is 0 Å². The second-order valence-corrected chi connectivity index (χ2v) is 3.76. The van der Waals surface area contributed by atoms with E-state index in [2.05, 4.69) is 0 Å². The van der Waals surface area contributed by atoms with Crippen LogP contribution >= 0.6 is 0 Å². The normalized spacial score (nSPS) is 9.83. The maximum absolute atomic E-state index is 11.8. The summed E-state index contributed by atoms with van der Waals surface area (Å²) in [5.74, 6) is 0.585. The molecular formula is C14H13NO3. The highest BCUT2D eigenvalue weighted by Crippen LogP contribution is 2.20. The number of carbonyl (C=O) groups is 1. The Labute approximate surface area is 105 Å². The molecule has 2 aromatic carbocycles. The van der Waals surface area contributed by atoms with E-state index in [4.69, 9.17) is 4.74 Å². The quantitative estimate of drug-likeness (QED) is 0.882. The van der Waals surface area contributed by atoms with Crippen LogP contribution in [0.2, 0.25) is 0 Å². The summed E-state index contributed by atoms with van der Waals surface area (Å²) in [5.41, 5.74) is 0.566. The van der Waals surface area contributed by atoms with Gasteiger partial charge in [0, 0.05) is 13.1 Å². The van der Waals surface area contributed by atoms with Gasteiger partial charge in [0.05, 0.1) is 5.69 Å². The molecule has 0 fully saturated rings. The van der Waals surface area contributed by atoms with E-state index >= 15 is 0 Å². The minimum atomic E-state index is -0.508. The number of anilines is 1. The van der Waals surface area contributed by atoms with Crippen molar-refractivity contribution in [2.24, 2.45) is 0 Å². The minimum absolute atomic E-state index is 0.104. The van der Waals surface area contributed by atoms with Gasteiger partial charge in [-0.3, -0.25) is 4.90 Å². The molecule has 0 unspecified atom stereocenters. The molecule has 1 N–H and O–H groups in total. The molecule has 0 bridgehead atoms. The van der Waals surface area contributed by atoms with Crippen molar-refractivity contribution in [3.8, 4) is 11.5 Å². The summed E-state index contributed by atoms with van der Waals surface area (Å²) in [6.45, 7) is 0. The number of aromatic hydroxyl groups is 1. The lowest BCUT2D eigenvalue weighted by Gasteiger charge is -2.16. The number of carbonyl (C=O) groups excluding carboxylic acids is 1. The zero-order chi connectivity index (χ0) is 13.0. The highest BCUT2D eigenvalue weighted by atomic mass is 16.6. The van der Waals surface area contributed by atoms with E-state index in [1.165, 1.54) is 11.0 Å². The number of benzene rings is 2. The molecule has 0 spiro atoms. The van der Waals surface area contributed by atoms with Gasteiger partial charge in [0.2, 0.25) is 0 Å². The molecule has 0 aromatic heterocycles. The monoisotopic (exact) mass is 243 g/mol. The van der Waals surface area contributed by atoms with Gasteiger partial charge in [0.25, 0.3) is 0 Å². The number of para-hydroxylation sites is 1. The molecule has 92 valence electrons. The Morgan fingerprint density at radius 3 is 2.50 bits per heavy atom. The van der Waals surface area contributed by atoms with Crippen LogP contribution in [0.25, 0.3) is 0 Å². The Hall–Kier alpha value is -2.49. The van der Waals surface area contributed by atoms with Gasteiger partial charge in [-0.25, -0.2) is 4.79 Å². The van der Waals surface area contributed by atoms with Gasteiger partial charge in [-0.2, -0.15) is 0 Å². The summed E-state index contributed by atoms with van der Waals surface area (Å²) in [7, 11) is 1.58. The Bertz CT molecular complexity index is 540. The molecular weight excluding hydrogens is 230 g/mol. The van der Waals surface area contributed by atoms with Crippen LogP contribution in [0.4, 0.5) is 10.5 Å². The fourth-order valence-electron chi connectivity index (χ4n) is 1.46. The van der Waals surface area contributed by atoms with E-state index in [1.807, 2.05) is 6.07 Å². The number of rotatable bonds is 2. The zero-order valence-electron chi connectivity index (χ0n) is 9.91. The second-order valence-electron chi connectivity index (χ2n) is 3.76. The lowest BCUT2D eigenvalue weighted by molar-refractivity contribution is 0.209. The molecule has 4 nitrogen and oxygen atoms in total. The first kappa shape index (κ1) is 12.0. The fourth-order valence-corrected chi connectivity index (χ4v) is 1.46. The number of nitrogens with zero attached hydrogens (tertiary/aromatic N) is 1. The first-order valence-electron chi connectivity index (χ1n) is 5.46. The third kappa shape index (κ3) is 2.79. The Balaban J connectivity index is 2.10. The molecule has 0 aliphatic rings. The highest BCUT2D eigenvalue weighted by molar-refractivity contribution is 5.88. The predicted octanol–water partition coefficient (Wildman–Crippen LogP) is 3.03. The summed E-state index contributed by atoms with van der Waals surface area (Å²) in [4.78, 5) is 13.2. The number of phenols is 1. The number of hydrogen-bond donors (Lipinski definition) is 1. The number of phenolic OH excluding ortho intramolecular Hbond substituents is 1. The van der Waals surface area contributed by atoms with Gasteiger partial charge in [0.15, 0.2) is 0 Å². The smallest absolute Gasteiger partial charge is 0.419 e. The summed E-state index contributed by atoms with van der Waals surface area (Å²) in [6.07, 6.45) is -0.508. The second kappa shape index (κ2) is 5.23. The lowest BCUT2D eigenvalue weighted by atomic mass is 10.3. The van der Waals surface area contributed by atoms with Crippen molar-refractivity contribution < 1.29 is 14.6 Å². The van der Waals surface area contributed by atoms with E-state index in [1.54, 1.807) is 49.5 Å². The predicted molar refractivity (Wildman–Crippen MR) is 69.0 cm³/mol. The van der Waals surface area contributed by atoms with Gasteiger partial charge in [-0.1, -0.05) is 24.3 Å². The molecule has 1 amide bonds. The Morgan fingerprint density at radius 2 is 1.83 bits per heavy atom. The summed E-state index contributed by atoms with van der Waals surface area (Å²) in [5, 5.41) is 9.35.